The van der Waals surface area contributed by atoms with Crippen molar-refractivity contribution < 1.29 is 36.6 Å². The number of carbonyl (C=O) groups excluding carboxylic acids is 1. The summed E-state index contributed by atoms with van der Waals surface area (Å²) < 4.78 is 66.9. The highest BCUT2D eigenvalue weighted by molar-refractivity contribution is 5.97. The standard InChI is InChI=1S/C12H10F5N3O3/c1-7-5-10(22,11(13,14)23-12(15,16)17)20(19-7)9(21)8-3-2-4-18-6-8/h2-4,6,22H,5H2,1H3/t10-/m0/s1. The van der Waals surface area contributed by atoms with E-state index in [-0.39, 0.29) is 16.3 Å². The molecular weight excluding hydrogens is 329 g/mol. The normalized spacial score (nSPS) is 22.2. The lowest BCUT2D eigenvalue weighted by Crippen LogP contribution is -2.61. The van der Waals surface area contributed by atoms with Crippen LogP contribution in [0.2, 0.25) is 0 Å². The second-order valence-electron chi connectivity index (χ2n) is 4.75. The second kappa shape index (κ2) is 5.49. The molecule has 0 saturated heterocycles. The minimum Gasteiger partial charge on any atom is -0.362 e. The Kier molecular flexibility index (Phi) is 4.11. The fourth-order valence-corrected chi connectivity index (χ4v) is 2.00. The van der Waals surface area contributed by atoms with Crippen molar-refractivity contribution in [3.05, 3.63) is 30.1 Å². The summed E-state index contributed by atoms with van der Waals surface area (Å²) in [6.07, 6.45) is -9.58. The Morgan fingerprint density at radius 3 is 2.57 bits per heavy atom. The van der Waals surface area contributed by atoms with Gasteiger partial charge < -0.3 is 5.11 Å². The second-order valence-corrected chi connectivity index (χ2v) is 4.75. The van der Waals surface area contributed by atoms with Gasteiger partial charge in [-0.1, -0.05) is 0 Å². The SMILES string of the molecule is CC1=NN(C(=O)c2cccnc2)[C@@](O)(C(F)(F)OC(F)(F)F)C1. The maximum absolute atomic E-state index is 13.8. The fraction of sp³-hybridized carbons (Fsp3) is 0.417. The van der Waals surface area contributed by atoms with Crippen LogP contribution in [0.5, 0.6) is 0 Å². The first-order valence-corrected chi connectivity index (χ1v) is 6.12. The number of ether oxygens (including phenoxy) is 1. The molecule has 0 bridgehead atoms. The number of nitrogens with zero attached hydrogens (tertiary/aromatic N) is 3. The van der Waals surface area contributed by atoms with Gasteiger partial charge in [0.25, 0.3) is 11.6 Å². The predicted octanol–water partition coefficient (Wildman–Crippen LogP) is 2.12. The number of hydrogen-bond acceptors (Lipinski definition) is 5. The summed E-state index contributed by atoms with van der Waals surface area (Å²) in [5.41, 5.74) is -4.03. The van der Waals surface area contributed by atoms with Crippen molar-refractivity contribution in [2.75, 3.05) is 0 Å². The third-order valence-electron chi connectivity index (χ3n) is 2.93. The number of alkyl halides is 5. The van der Waals surface area contributed by atoms with Gasteiger partial charge in [0.1, 0.15) is 0 Å². The van der Waals surface area contributed by atoms with Crippen LogP contribution in [-0.2, 0) is 4.74 Å². The first kappa shape index (κ1) is 17.2. The molecule has 1 aromatic rings. The van der Waals surface area contributed by atoms with Gasteiger partial charge in [0, 0.05) is 24.5 Å². The average molecular weight is 339 g/mol. The molecule has 1 aliphatic rings. The van der Waals surface area contributed by atoms with Crippen LogP contribution in [0, 0.1) is 0 Å². The Bertz CT molecular complexity index is 635. The number of pyridine rings is 1. The molecule has 0 unspecified atom stereocenters. The van der Waals surface area contributed by atoms with E-state index in [0.717, 1.165) is 6.20 Å². The Morgan fingerprint density at radius 2 is 2.04 bits per heavy atom. The molecule has 0 aromatic carbocycles. The maximum Gasteiger partial charge on any atom is 0.527 e. The van der Waals surface area contributed by atoms with Gasteiger partial charge in [0.15, 0.2) is 0 Å². The number of aromatic nitrogens is 1. The molecule has 0 spiro atoms. The van der Waals surface area contributed by atoms with E-state index in [9.17, 15) is 31.9 Å². The Hall–Kier alpha value is -2.14. The predicted molar refractivity (Wildman–Crippen MR) is 65.2 cm³/mol. The summed E-state index contributed by atoms with van der Waals surface area (Å²) in [6.45, 7) is 1.17. The zero-order chi connectivity index (χ0) is 17.5. The molecule has 1 aromatic heterocycles. The number of hydrogen-bond donors (Lipinski definition) is 1. The molecule has 0 aliphatic carbocycles. The number of hydrazone groups is 1. The third-order valence-corrected chi connectivity index (χ3v) is 2.93. The molecule has 11 heteroatoms. The van der Waals surface area contributed by atoms with Gasteiger partial charge in [-0.3, -0.25) is 9.78 Å². The van der Waals surface area contributed by atoms with Crippen molar-refractivity contribution in [2.45, 2.75) is 31.5 Å². The van der Waals surface area contributed by atoms with Gasteiger partial charge in [0.2, 0.25) is 0 Å². The highest BCUT2D eigenvalue weighted by Gasteiger charge is 2.66. The molecule has 126 valence electrons. The lowest BCUT2D eigenvalue weighted by molar-refractivity contribution is -0.468. The quantitative estimate of drug-likeness (QED) is 0.856. The van der Waals surface area contributed by atoms with Crippen LogP contribution in [0.25, 0.3) is 0 Å². The maximum atomic E-state index is 13.8. The average Bonchev–Trinajstić information content (AvgIpc) is 2.73. The van der Waals surface area contributed by atoms with Gasteiger partial charge in [0.05, 0.1) is 5.56 Å². The van der Waals surface area contributed by atoms with Gasteiger partial charge in [-0.25, -0.2) is 4.74 Å². The summed E-state index contributed by atoms with van der Waals surface area (Å²) in [5, 5.41) is 13.3. The van der Waals surface area contributed by atoms with E-state index in [2.05, 4.69) is 14.8 Å². The van der Waals surface area contributed by atoms with E-state index in [1.165, 1.54) is 25.3 Å². The summed E-state index contributed by atoms with van der Waals surface area (Å²) in [6, 6.07) is 2.49. The first-order valence-electron chi connectivity index (χ1n) is 6.12. The van der Waals surface area contributed by atoms with Crippen LogP contribution < -0.4 is 0 Å². The molecule has 1 atom stereocenters. The molecule has 6 nitrogen and oxygen atoms in total. The molecule has 23 heavy (non-hydrogen) atoms. The Morgan fingerprint density at radius 1 is 1.39 bits per heavy atom. The highest BCUT2D eigenvalue weighted by atomic mass is 19.4. The number of carbonyl (C=O) groups is 1. The number of aliphatic hydroxyl groups is 1. The van der Waals surface area contributed by atoms with Crippen LogP contribution in [-0.4, -0.2) is 44.9 Å². The fourth-order valence-electron chi connectivity index (χ4n) is 2.00. The smallest absolute Gasteiger partial charge is 0.362 e. The van der Waals surface area contributed by atoms with Crippen molar-refractivity contribution in [3.8, 4) is 0 Å². The van der Waals surface area contributed by atoms with E-state index in [0.29, 0.717) is 0 Å². The van der Waals surface area contributed by atoms with E-state index >= 15 is 0 Å². The van der Waals surface area contributed by atoms with Crippen molar-refractivity contribution in [3.63, 3.8) is 0 Å². The Balaban J connectivity index is 2.39. The van der Waals surface area contributed by atoms with Crippen LogP contribution in [0.3, 0.4) is 0 Å². The molecule has 0 radical (unpaired) electrons. The molecule has 0 saturated carbocycles. The van der Waals surface area contributed by atoms with E-state index in [4.69, 9.17) is 0 Å². The molecular formula is C12H10F5N3O3. The third kappa shape index (κ3) is 3.29. The zero-order valence-corrected chi connectivity index (χ0v) is 11.5. The molecule has 0 fully saturated rings. The number of amides is 1. The van der Waals surface area contributed by atoms with Crippen molar-refractivity contribution in [2.24, 2.45) is 5.10 Å². The van der Waals surface area contributed by atoms with Gasteiger partial charge >= 0.3 is 12.5 Å². The van der Waals surface area contributed by atoms with Crippen LogP contribution in [0.1, 0.15) is 23.7 Å². The van der Waals surface area contributed by atoms with Crippen molar-refractivity contribution >= 4 is 11.6 Å². The summed E-state index contributed by atoms with van der Waals surface area (Å²) in [4.78, 5) is 15.8. The topological polar surface area (TPSA) is 75.0 Å². The van der Waals surface area contributed by atoms with Crippen molar-refractivity contribution in [1.29, 1.82) is 0 Å². The van der Waals surface area contributed by atoms with E-state index < -0.39 is 30.5 Å². The Labute approximate surface area is 126 Å². The summed E-state index contributed by atoms with van der Waals surface area (Å²) in [5.74, 6) is -1.25. The molecule has 1 aliphatic heterocycles. The largest absolute Gasteiger partial charge is 0.527 e. The molecule has 1 amide bonds. The van der Waals surface area contributed by atoms with Crippen LogP contribution in [0.15, 0.2) is 29.6 Å². The first-order chi connectivity index (χ1) is 10.5. The van der Waals surface area contributed by atoms with E-state index in [1.54, 1.807) is 0 Å². The molecule has 2 heterocycles. The minimum atomic E-state index is -5.72. The zero-order valence-electron chi connectivity index (χ0n) is 11.5. The van der Waals surface area contributed by atoms with Crippen molar-refractivity contribution in [1.82, 2.24) is 9.99 Å². The van der Waals surface area contributed by atoms with Crippen LogP contribution in [0.4, 0.5) is 22.0 Å². The van der Waals surface area contributed by atoms with Gasteiger partial charge in [-0.05, 0) is 19.1 Å². The number of halogens is 5. The van der Waals surface area contributed by atoms with Gasteiger partial charge in [-0.2, -0.15) is 18.9 Å². The van der Waals surface area contributed by atoms with Crippen LogP contribution >= 0.6 is 0 Å². The lowest BCUT2D eigenvalue weighted by atomic mass is 10.1. The van der Waals surface area contributed by atoms with Gasteiger partial charge in [-0.15, -0.1) is 13.2 Å². The van der Waals surface area contributed by atoms with E-state index in [1.807, 2.05) is 0 Å². The molecule has 2 rings (SSSR count). The summed E-state index contributed by atoms with van der Waals surface area (Å²) >= 11 is 0. The minimum absolute atomic E-state index is 0.120. The monoisotopic (exact) mass is 339 g/mol. The molecule has 1 N–H and O–H groups in total. The highest BCUT2D eigenvalue weighted by Crippen LogP contribution is 2.43. The lowest BCUT2D eigenvalue weighted by Gasteiger charge is -2.36. The number of rotatable bonds is 3. The summed E-state index contributed by atoms with van der Waals surface area (Å²) in [7, 11) is 0.